The lowest BCUT2D eigenvalue weighted by atomic mass is 9.95. The largest absolute Gasteiger partial charge is 0.0999 e. The van der Waals surface area contributed by atoms with Gasteiger partial charge in [0.15, 0.2) is 0 Å². The van der Waals surface area contributed by atoms with Gasteiger partial charge in [-0.15, -0.1) is 0 Å². The van der Waals surface area contributed by atoms with Gasteiger partial charge < -0.3 is 0 Å². The second-order valence-electron chi connectivity index (χ2n) is 4.64. The van der Waals surface area contributed by atoms with Crippen LogP contribution in [-0.4, -0.2) is 0 Å². The van der Waals surface area contributed by atoms with E-state index in [9.17, 15) is 0 Å². The Morgan fingerprint density at radius 1 is 1.00 bits per heavy atom. The Bertz CT molecular complexity index is 135. The maximum atomic E-state index is 4.14. The minimum absolute atomic E-state index is 0.897. The molecule has 0 aromatic rings. The number of allylic oxidation sites excluding steroid dienone is 1. The molecule has 0 bridgehead atoms. The molecule has 0 rings (SSSR count). The van der Waals surface area contributed by atoms with Gasteiger partial charge in [-0.1, -0.05) is 58.6 Å². The van der Waals surface area contributed by atoms with E-state index in [4.69, 9.17) is 0 Å². The summed E-state index contributed by atoms with van der Waals surface area (Å²) >= 11 is 0. The highest BCUT2D eigenvalue weighted by molar-refractivity contribution is 4.93. The summed E-state index contributed by atoms with van der Waals surface area (Å²) in [5.41, 5.74) is 1.47. The van der Waals surface area contributed by atoms with E-state index in [0.717, 1.165) is 5.92 Å². The van der Waals surface area contributed by atoms with Crippen LogP contribution in [0.25, 0.3) is 0 Å². The fraction of sp³-hybridized carbons (Fsp3) is 0.857. The first-order chi connectivity index (χ1) is 6.70. The van der Waals surface area contributed by atoms with Gasteiger partial charge in [0.2, 0.25) is 0 Å². The quantitative estimate of drug-likeness (QED) is 0.437. The Hall–Kier alpha value is -0.260. The monoisotopic (exact) mass is 196 g/mol. The summed E-state index contributed by atoms with van der Waals surface area (Å²) in [7, 11) is 0. The molecule has 0 saturated carbocycles. The highest BCUT2D eigenvalue weighted by Crippen LogP contribution is 2.19. The van der Waals surface area contributed by atoms with Gasteiger partial charge in [0, 0.05) is 0 Å². The third-order valence-corrected chi connectivity index (χ3v) is 2.93. The minimum Gasteiger partial charge on any atom is -0.0999 e. The van der Waals surface area contributed by atoms with Crippen LogP contribution in [0.4, 0.5) is 0 Å². The summed E-state index contributed by atoms with van der Waals surface area (Å²) in [4.78, 5) is 0. The highest BCUT2D eigenvalue weighted by Gasteiger charge is 2.02. The molecule has 1 atom stereocenters. The first-order valence-electron chi connectivity index (χ1n) is 6.37. The highest BCUT2D eigenvalue weighted by atomic mass is 14.1. The molecule has 0 aliphatic heterocycles. The Balaban J connectivity index is 3.36. The van der Waals surface area contributed by atoms with Gasteiger partial charge in [0.1, 0.15) is 0 Å². The van der Waals surface area contributed by atoms with E-state index in [-0.39, 0.29) is 0 Å². The predicted molar refractivity (Wildman–Crippen MR) is 66.6 cm³/mol. The van der Waals surface area contributed by atoms with Crippen molar-refractivity contribution in [2.45, 2.75) is 72.1 Å². The molecule has 0 N–H and O–H groups in total. The molecular weight excluding hydrogens is 168 g/mol. The molecule has 0 amide bonds. The zero-order valence-corrected chi connectivity index (χ0v) is 10.4. The van der Waals surface area contributed by atoms with Gasteiger partial charge in [0.25, 0.3) is 0 Å². The van der Waals surface area contributed by atoms with Gasteiger partial charge in [0.05, 0.1) is 0 Å². The average molecular weight is 196 g/mol. The first-order valence-corrected chi connectivity index (χ1v) is 6.37. The molecule has 1 unspecified atom stereocenters. The molecule has 0 spiro atoms. The standard InChI is InChI=1S/C14H28/c1-5-7-9-13(3)11-12-14(4)10-8-6-2/h14H,3,5-12H2,1-2,4H3. The topological polar surface area (TPSA) is 0 Å². The van der Waals surface area contributed by atoms with Crippen LogP contribution in [0.3, 0.4) is 0 Å². The van der Waals surface area contributed by atoms with Crippen molar-refractivity contribution in [3.8, 4) is 0 Å². The lowest BCUT2D eigenvalue weighted by Crippen LogP contribution is -1.95. The third-order valence-electron chi connectivity index (χ3n) is 2.93. The van der Waals surface area contributed by atoms with Crippen molar-refractivity contribution >= 4 is 0 Å². The van der Waals surface area contributed by atoms with Crippen LogP contribution in [-0.2, 0) is 0 Å². The molecular formula is C14H28. The minimum atomic E-state index is 0.897. The van der Waals surface area contributed by atoms with Crippen LogP contribution in [0.1, 0.15) is 72.1 Å². The lowest BCUT2D eigenvalue weighted by Gasteiger charge is -2.11. The van der Waals surface area contributed by atoms with E-state index in [2.05, 4.69) is 27.4 Å². The Kier molecular flexibility index (Phi) is 9.13. The van der Waals surface area contributed by atoms with Crippen LogP contribution in [0.2, 0.25) is 0 Å². The van der Waals surface area contributed by atoms with E-state index in [0.29, 0.717) is 0 Å². The molecule has 0 heterocycles. The maximum Gasteiger partial charge on any atom is -0.0320 e. The van der Waals surface area contributed by atoms with Gasteiger partial charge >= 0.3 is 0 Å². The van der Waals surface area contributed by atoms with Crippen LogP contribution >= 0.6 is 0 Å². The summed E-state index contributed by atoms with van der Waals surface area (Å²) < 4.78 is 0. The Morgan fingerprint density at radius 3 is 2.21 bits per heavy atom. The molecule has 84 valence electrons. The molecule has 0 aliphatic carbocycles. The van der Waals surface area contributed by atoms with Crippen molar-refractivity contribution in [3.05, 3.63) is 12.2 Å². The van der Waals surface area contributed by atoms with E-state index < -0.39 is 0 Å². The summed E-state index contributed by atoms with van der Waals surface area (Å²) in [6.07, 6.45) is 10.6. The molecule has 0 aromatic carbocycles. The van der Waals surface area contributed by atoms with E-state index >= 15 is 0 Å². The molecule has 0 fully saturated rings. The molecule has 0 aliphatic rings. The molecule has 0 radical (unpaired) electrons. The zero-order chi connectivity index (χ0) is 10.8. The smallest absolute Gasteiger partial charge is 0.0320 e. The molecule has 14 heavy (non-hydrogen) atoms. The molecule has 0 aromatic heterocycles. The van der Waals surface area contributed by atoms with Crippen LogP contribution < -0.4 is 0 Å². The second-order valence-corrected chi connectivity index (χ2v) is 4.64. The SMILES string of the molecule is C=C(CCCC)CCC(C)CCCC. The van der Waals surface area contributed by atoms with Crippen LogP contribution in [0.15, 0.2) is 12.2 Å². The van der Waals surface area contributed by atoms with Gasteiger partial charge in [-0.25, -0.2) is 0 Å². The van der Waals surface area contributed by atoms with Crippen LogP contribution in [0, 0.1) is 5.92 Å². The Labute approximate surface area is 90.8 Å². The maximum absolute atomic E-state index is 4.14. The van der Waals surface area contributed by atoms with E-state index in [1.165, 1.54) is 56.9 Å². The second kappa shape index (κ2) is 9.30. The normalized spacial score (nSPS) is 12.8. The van der Waals surface area contributed by atoms with Gasteiger partial charge in [-0.3, -0.25) is 0 Å². The zero-order valence-electron chi connectivity index (χ0n) is 10.4. The van der Waals surface area contributed by atoms with E-state index in [1.54, 1.807) is 0 Å². The van der Waals surface area contributed by atoms with Crippen molar-refractivity contribution < 1.29 is 0 Å². The van der Waals surface area contributed by atoms with Crippen molar-refractivity contribution in [1.29, 1.82) is 0 Å². The van der Waals surface area contributed by atoms with Crippen molar-refractivity contribution in [2.75, 3.05) is 0 Å². The van der Waals surface area contributed by atoms with Gasteiger partial charge in [-0.05, 0) is 31.6 Å². The van der Waals surface area contributed by atoms with Crippen molar-refractivity contribution in [2.24, 2.45) is 5.92 Å². The average Bonchev–Trinajstić information content (AvgIpc) is 2.20. The number of unbranched alkanes of at least 4 members (excludes halogenated alkanes) is 2. The van der Waals surface area contributed by atoms with Crippen molar-refractivity contribution in [1.82, 2.24) is 0 Å². The summed E-state index contributed by atoms with van der Waals surface area (Å²) in [6.45, 7) is 11.0. The number of rotatable bonds is 9. The third kappa shape index (κ3) is 8.34. The Morgan fingerprint density at radius 2 is 1.64 bits per heavy atom. The van der Waals surface area contributed by atoms with Crippen molar-refractivity contribution in [3.63, 3.8) is 0 Å². The predicted octanol–water partition coefficient (Wildman–Crippen LogP) is 5.34. The fourth-order valence-corrected chi connectivity index (χ4v) is 1.70. The summed E-state index contributed by atoms with van der Waals surface area (Å²) in [5.74, 6) is 0.897. The number of hydrogen-bond acceptors (Lipinski definition) is 0. The summed E-state index contributed by atoms with van der Waals surface area (Å²) in [5, 5.41) is 0. The molecule has 0 nitrogen and oxygen atoms in total. The summed E-state index contributed by atoms with van der Waals surface area (Å²) in [6, 6.07) is 0. The molecule has 0 saturated heterocycles. The molecule has 0 heteroatoms. The fourth-order valence-electron chi connectivity index (χ4n) is 1.70. The lowest BCUT2D eigenvalue weighted by molar-refractivity contribution is 0.468. The van der Waals surface area contributed by atoms with Gasteiger partial charge in [-0.2, -0.15) is 0 Å². The first kappa shape index (κ1) is 13.7. The number of hydrogen-bond donors (Lipinski definition) is 0. The van der Waals surface area contributed by atoms with E-state index in [1.807, 2.05) is 0 Å². The van der Waals surface area contributed by atoms with Crippen LogP contribution in [0.5, 0.6) is 0 Å².